The average Bonchev–Trinajstić information content (AvgIpc) is 2.93. The summed E-state index contributed by atoms with van der Waals surface area (Å²) >= 11 is 0. The van der Waals surface area contributed by atoms with E-state index in [1.807, 2.05) is 6.08 Å². The van der Waals surface area contributed by atoms with Crippen LogP contribution in [0.1, 0.15) is 25.7 Å². The highest BCUT2D eigenvalue weighted by molar-refractivity contribution is 5.78. The van der Waals surface area contributed by atoms with Gasteiger partial charge in [-0.2, -0.15) is 0 Å². The summed E-state index contributed by atoms with van der Waals surface area (Å²) in [6.07, 6.45) is 8.77. The van der Waals surface area contributed by atoms with Gasteiger partial charge in [-0.1, -0.05) is 12.2 Å². The van der Waals surface area contributed by atoms with Gasteiger partial charge in [0.15, 0.2) is 0 Å². The molecule has 0 N–H and O–H groups in total. The van der Waals surface area contributed by atoms with E-state index in [2.05, 4.69) is 6.08 Å². The molecule has 15 heavy (non-hydrogen) atoms. The van der Waals surface area contributed by atoms with Crippen LogP contribution in [0.15, 0.2) is 12.2 Å². The largest absolute Gasteiger partial charge is 0.458 e. The summed E-state index contributed by atoms with van der Waals surface area (Å²) < 4.78 is 11.5. The number of esters is 1. The summed E-state index contributed by atoms with van der Waals surface area (Å²) in [6.45, 7) is 0. The Labute approximate surface area is 88.4 Å². The predicted molar refractivity (Wildman–Crippen MR) is 52.1 cm³/mol. The zero-order valence-electron chi connectivity index (χ0n) is 8.52. The van der Waals surface area contributed by atoms with E-state index >= 15 is 0 Å². The van der Waals surface area contributed by atoms with Crippen molar-refractivity contribution in [3.05, 3.63) is 12.2 Å². The van der Waals surface area contributed by atoms with Gasteiger partial charge in [0.1, 0.15) is 5.60 Å². The lowest BCUT2D eigenvalue weighted by Gasteiger charge is -2.30. The first-order chi connectivity index (χ1) is 7.30. The smallest absolute Gasteiger partial charge is 0.313 e. The molecule has 3 aliphatic heterocycles. The number of ether oxygens (including phenoxy) is 2. The molecule has 80 valence electrons. The summed E-state index contributed by atoms with van der Waals surface area (Å²) in [7, 11) is 0. The van der Waals surface area contributed by atoms with Crippen molar-refractivity contribution in [2.24, 2.45) is 11.8 Å². The fourth-order valence-electron chi connectivity index (χ4n) is 3.96. The monoisotopic (exact) mass is 206 g/mol. The zero-order chi connectivity index (χ0) is 10.0. The van der Waals surface area contributed by atoms with E-state index in [0.29, 0.717) is 5.92 Å². The van der Waals surface area contributed by atoms with Crippen molar-refractivity contribution in [3.8, 4) is 0 Å². The van der Waals surface area contributed by atoms with Crippen molar-refractivity contribution in [3.63, 3.8) is 0 Å². The van der Waals surface area contributed by atoms with Crippen LogP contribution in [0.3, 0.4) is 0 Å². The van der Waals surface area contributed by atoms with Gasteiger partial charge in [-0.3, -0.25) is 4.79 Å². The first-order valence-electron chi connectivity index (χ1n) is 5.87. The van der Waals surface area contributed by atoms with E-state index in [1.54, 1.807) is 0 Å². The van der Waals surface area contributed by atoms with E-state index in [1.165, 1.54) is 12.8 Å². The average molecular weight is 206 g/mol. The van der Waals surface area contributed by atoms with E-state index < -0.39 is 0 Å². The second kappa shape index (κ2) is 2.46. The van der Waals surface area contributed by atoms with Crippen LogP contribution >= 0.6 is 0 Å². The van der Waals surface area contributed by atoms with Gasteiger partial charge >= 0.3 is 5.97 Å². The molecule has 3 fully saturated rings. The Hall–Kier alpha value is -0.830. The minimum absolute atomic E-state index is 0.00176. The summed E-state index contributed by atoms with van der Waals surface area (Å²) in [5, 5.41) is 0. The lowest BCUT2D eigenvalue weighted by Crippen LogP contribution is -2.38. The fourth-order valence-corrected chi connectivity index (χ4v) is 3.96. The molecule has 0 aromatic heterocycles. The van der Waals surface area contributed by atoms with Crippen molar-refractivity contribution < 1.29 is 14.3 Å². The first-order valence-corrected chi connectivity index (χ1v) is 5.87. The number of carbonyl (C=O) groups is 1. The SMILES string of the molecule is O=C1OC2(CCCC2)[C@@H]2[C@H]1[C@H]1C=C[C@@H]2O1. The predicted octanol–water partition coefficient (Wildman–Crippen LogP) is 1.43. The van der Waals surface area contributed by atoms with Gasteiger partial charge in [-0.25, -0.2) is 0 Å². The Morgan fingerprint density at radius 3 is 2.73 bits per heavy atom. The maximum absolute atomic E-state index is 11.9. The van der Waals surface area contributed by atoms with Gasteiger partial charge in [0, 0.05) is 5.92 Å². The molecular weight excluding hydrogens is 192 g/mol. The minimum atomic E-state index is -0.161. The summed E-state index contributed by atoms with van der Waals surface area (Å²) in [5.74, 6) is 0.291. The molecule has 1 saturated carbocycles. The Balaban J connectivity index is 1.80. The lowest BCUT2D eigenvalue weighted by molar-refractivity contribution is -0.154. The molecule has 4 atom stereocenters. The number of rotatable bonds is 0. The van der Waals surface area contributed by atoms with Gasteiger partial charge in [0.25, 0.3) is 0 Å². The van der Waals surface area contributed by atoms with Crippen molar-refractivity contribution in [1.29, 1.82) is 0 Å². The van der Waals surface area contributed by atoms with Gasteiger partial charge in [0.2, 0.25) is 0 Å². The highest BCUT2D eigenvalue weighted by atomic mass is 16.6. The Morgan fingerprint density at radius 2 is 1.93 bits per heavy atom. The maximum Gasteiger partial charge on any atom is 0.313 e. The molecule has 0 amide bonds. The molecule has 3 nitrogen and oxygen atoms in total. The van der Waals surface area contributed by atoms with Crippen LogP contribution in [0.25, 0.3) is 0 Å². The quantitative estimate of drug-likeness (QED) is 0.444. The fraction of sp³-hybridized carbons (Fsp3) is 0.750. The molecule has 4 rings (SSSR count). The standard InChI is InChI=1S/C12H14O3/c13-11-9-7-3-4-8(14-7)10(9)12(15-11)5-1-2-6-12/h3-4,7-10H,1-2,5-6H2/t7-,8+,9-,10+/m1/s1. The van der Waals surface area contributed by atoms with Crippen LogP contribution in [0.4, 0.5) is 0 Å². The Kier molecular flexibility index (Phi) is 1.37. The highest BCUT2D eigenvalue weighted by Crippen LogP contribution is 2.56. The third kappa shape index (κ3) is 0.842. The van der Waals surface area contributed by atoms with Crippen molar-refractivity contribution in [1.82, 2.24) is 0 Å². The number of fused-ring (bicyclic) bond motifs is 6. The maximum atomic E-state index is 11.9. The molecule has 0 radical (unpaired) electrons. The molecule has 3 heteroatoms. The topological polar surface area (TPSA) is 35.5 Å². The summed E-state index contributed by atoms with van der Waals surface area (Å²) in [4.78, 5) is 11.9. The van der Waals surface area contributed by atoms with Crippen LogP contribution in [0.5, 0.6) is 0 Å². The summed E-state index contributed by atoms with van der Waals surface area (Å²) in [6, 6.07) is 0. The molecule has 3 heterocycles. The van der Waals surface area contributed by atoms with Crippen molar-refractivity contribution in [2.45, 2.75) is 43.5 Å². The van der Waals surface area contributed by atoms with Gasteiger partial charge in [0.05, 0.1) is 18.1 Å². The van der Waals surface area contributed by atoms with E-state index in [9.17, 15) is 4.79 Å². The Morgan fingerprint density at radius 1 is 1.20 bits per heavy atom. The third-order valence-corrected chi connectivity index (χ3v) is 4.53. The van der Waals surface area contributed by atoms with Crippen LogP contribution in [0, 0.1) is 11.8 Å². The van der Waals surface area contributed by atoms with Crippen molar-refractivity contribution >= 4 is 5.97 Å². The number of hydrogen-bond donors (Lipinski definition) is 0. The van der Waals surface area contributed by atoms with Gasteiger partial charge < -0.3 is 9.47 Å². The van der Waals surface area contributed by atoms with Gasteiger partial charge in [-0.15, -0.1) is 0 Å². The minimum Gasteiger partial charge on any atom is -0.458 e. The van der Waals surface area contributed by atoms with E-state index in [4.69, 9.17) is 9.47 Å². The van der Waals surface area contributed by atoms with Crippen LogP contribution in [0.2, 0.25) is 0 Å². The third-order valence-electron chi connectivity index (χ3n) is 4.53. The molecule has 0 aromatic carbocycles. The van der Waals surface area contributed by atoms with Crippen LogP contribution in [-0.4, -0.2) is 23.8 Å². The molecule has 4 aliphatic rings. The summed E-state index contributed by atoms with van der Waals surface area (Å²) in [5.41, 5.74) is -0.161. The first kappa shape index (κ1) is 8.34. The zero-order valence-corrected chi connectivity index (χ0v) is 8.52. The van der Waals surface area contributed by atoms with E-state index in [-0.39, 0.29) is 29.7 Å². The molecule has 2 saturated heterocycles. The molecular formula is C12H14O3. The van der Waals surface area contributed by atoms with Crippen molar-refractivity contribution in [2.75, 3.05) is 0 Å². The lowest BCUT2D eigenvalue weighted by atomic mass is 9.74. The number of carbonyl (C=O) groups excluding carboxylic acids is 1. The van der Waals surface area contributed by atoms with Crippen LogP contribution < -0.4 is 0 Å². The van der Waals surface area contributed by atoms with Crippen LogP contribution in [-0.2, 0) is 14.3 Å². The normalized spacial score (nSPS) is 48.9. The molecule has 1 spiro atoms. The molecule has 1 aliphatic carbocycles. The second-order valence-electron chi connectivity index (χ2n) is 5.19. The molecule has 0 unspecified atom stereocenters. The van der Waals surface area contributed by atoms with E-state index in [0.717, 1.165) is 12.8 Å². The number of hydrogen-bond acceptors (Lipinski definition) is 3. The molecule has 2 bridgehead atoms. The molecule has 0 aromatic rings. The van der Waals surface area contributed by atoms with Gasteiger partial charge in [-0.05, 0) is 25.7 Å². The highest BCUT2D eigenvalue weighted by Gasteiger charge is 2.66. The Bertz CT molecular complexity index is 354. The second-order valence-corrected chi connectivity index (χ2v) is 5.19.